The molecule has 0 saturated heterocycles. The second-order valence-electron chi connectivity index (χ2n) is 7.06. The van der Waals surface area contributed by atoms with Crippen LogP contribution >= 0.6 is 0 Å². The van der Waals surface area contributed by atoms with E-state index in [1.807, 2.05) is 13.8 Å². The third-order valence-electron chi connectivity index (χ3n) is 5.73. The number of aryl methyl sites for hydroxylation is 1. The number of oxazole rings is 1. The van der Waals surface area contributed by atoms with E-state index >= 15 is 0 Å². The van der Waals surface area contributed by atoms with Gasteiger partial charge in [-0.2, -0.15) is 0 Å². The van der Waals surface area contributed by atoms with Crippen LogP contribution in [0.1, 0.15) is 44.1 Å². The van der Waals surface area contributed by atoms with E-state index in [1.165, 1.54) is 6.42 Å². The number of amides is 1. The monoisotopic (exact) mass is 344 g/mol. The van der Waals surface area contributed by atoms with E-state index in [4.69, 9.17) is 13.6 Å². The van der Waals surface area contributed by atoms with Crippen LogP contribution in [0.3, 0.4) is 0 Å². The number of nitrogens with zero attached hydrogens (tertiary/aromatic N) is 1. The molecule has 0 unspecified atom stereocenters. The predicted molar refractivity (Wildman–Crippen MR) is 90.9 cm³/mol. The van der Waals surface area contributed by atoms with Crippen molar-refractivity contribution < 1.29 is 18.4 Å². The molecule has 4 rings (SSSR count). The zero-order valence-electron chi connectivity index (χ0n) is 14.7. The molecular weight excluding hydrogens is 320 g/mol. The first-order chi connectivity index (χ1) is 12.1. The van der Waals surface area contributed by atoms with Gasteiger partial charge < -0.3 is 18.9 Å². The van der Waals surface area contributed by atoms with Crippen molar-refractivity contribution in [3.05, 3.63) is 29.9 Å². The number of carbonyl (C=O) groups excluding carboxylic acids is 1. The van der Waals surface area contributed by atoms with Gasteiger partial charge in [-0.25, -0.2) is 4.98 Å². The molecule has 6 nitrogen and oxygen atoms in total. The summed E-state index contributed by atoms with van der Waals surface area (Å²) in [6, 6.07) is 3.80. The lowest BCUT2D eigenvalue weighted by Crippen LogP contribution is -2.67. The number of aromatic nitrogens is 1. The minimum atomic E-state index is -0.00591. The lowest BCUT2D eigenvalue weighted by atomic mass is 9.51. The molecule has 2 aromatic heterocycles. The van der Waals surface area contributed by atoms with Crippen LogP contribution in [0.5, 0.6) is 0 Å². The van der Waals surface area contributed by atoms with Gasteiger partial charge in [0.1, 0.15) is 5.76 Å². The van der Waals surface area contributed by atoms with Crippen LogP contribution in [-0.2, 0) is 16.0 Å². The van der Waals surface area contributed by atoms with Gasteiger partial charge in [0.25, 0.3) is 5.89 Å². The van der Waals surface area contributed by atoms with Crippen molar-refractivity contribution in [3.8, 4) is 11.7 Å². The molecule has 0 radical (unpaired) electrons. The van der Waals surface area contributed by atoms with Gasteiger partial charge in [-0.15, -0.1) is 0 Å². The van der Waals surface area contributed by atoms with Crippen LogP contribution in [0.15, 0.2) is 27.2 Å². The number of furan rings is 1. The molecule has 25 heavy (non-hydrogen) atoms. The Labute approximate surface area is 146 Å². The molecular formula is C19H24N2O4. The maximum atomic E-state index is 12.5. The zero-order chi connectivity index (χ0) is 17.4. The lowest BCUT2D eigenvalue weighted by molar-refractivity contribution is -0.175. The summed E-state index contributed by atoms with van der Waals surface area (Å²) in [5.41, 5.74) is 0.830. The van der Waals surface area contributed by atoms with Gasteiger partial charge in [0, 0.05) is 18.1 Å². The topological polar surface area (TPSA) is 77.5 Å². The van der Waals surface area contributed by atoms with E-state index in [1.54, 1.807) is 18.4 Å². The van der Waals surface area contributed by atoms with Crippen LogP contribution in [0.4, 0.5) is 0 Å². The normalized spacial score (nSPS) is 23.9. The third-order valence-corrected chi connectivity index (χ3v) is 5.73. The molecule has 2 atom stereocenters. The molecule has 2 aliphatic rings. The minimum absolute atomic E-state index is 0.00591. The number of ether oxygens (including phenoxy) is 1. The number of carbonyl (C=O) groups is 1. The molecule has 2 aromatic rings. The van der Waals surface area contributed by atoms with Crippen molar-refractivity contribution in [3.63, 3.8) is 0 Å². The van der Waals surface area contributed by atoms with Gasteiger partial charge in [-0.3, -0.25) is 4.79 Å². The standard InChI is InChI=1S/C19H24N2O4/c1-3-23-16-11-15(19(16)7-5-8-19)21-17(22)10-13-12(2)25-18(20-13)14-6-4-9-24-14/h4,6,9,15-16H,3,5,7-8,10-11H2,1-2H3,(H,21,22)/t15-,16+/m1/s1. The van der Waals surface area contributed by atoms with Crippen LogP contribution in [0.25, 0.3) is 11.7 Å². The summed E-state index contributed by atoms with van der Waals surface area (Å²) < 4.78 is 16.8. The molecule has 2 aliphatic carbocycles. The van der Waals surface area contributed by atoms with Crippen molar-refractivity contribution in [2.75, 3.05) is 6.61 Å². The Balaban J connectivity index is 1.39. The first-order valence-corrected chi connectivity index (χ1v) is 9.03. The summed E-state index contributed by atoms with van der Waals surface area (Å²) >= 11 is 0. The van der Waals surface area contributed by atoms with Gasteiger partial charge in [0.05, 0.1) is 24.5 Å². The Kier molecular flexibility index (Phi) is 4.15. The predicted octanol–water partition coefficient (Wildman–Crippen LogP) is 3.25. The number of nitrogens with one attached hydrogen (secondary N) is 1. The number of hydrogen-bond acceptors (Lipinski definition) is 5. The molecule has 0 aromatic carbocycles. The highest BCUT2D eigenvalue weighted by Gasteiger charge is 2.59. The first-order valence-electron chi connectivity index (χ1n) is 9.03. The fourth-order valence-electron chi connectivity index (χ4n) is 4.14. The van der Waals surface area contributed by atoms with Crippen molar-refractivity contribution in [1.29, 1.82) is 0 Å². The molecule has 0 aliphatic heterocycles. The molecule has 0 bridgehead atoms. The molecule has 2 heterocycles. The van der Waals surface area contributed by atoms with Gasteiger partial charge >= 0.3 is 0 Å². The van der Waals surface area contributed by atoms with Crippen LogP contribution in [-0.4, -0.2) is 29.6 Å². The average molecular weight is 344 g/mol. The molecule has 1 spiro atoms. The lowest BCUT2D eigenvalue weighted by Gasteiger charge is -2.61. The number of rotatable bonds is 6. The van der Waals surface area contributed by atoms with Crippen molar-refractivity contribution in [1.82, 2.24) is 10.3 Å². The van der Waals surface area contributed by atoms with Gasteiger partial charge in [-0.05, 0) is 45.2 Å². The summed E-state index contributed by atoms with van der Waals surface area (Å²) in [4.78, 5) is 16.9. The summed E-state index contributed by atoms with van der Waals surface area (Å²) in [6.07, 6.45) is 6.53. The molecule has 2 saturated carbocycles. The second-order valence-corrected chi connectivity index (χ2v) is 7.06. The summed E-state index contributed by atoms with van der Waals surface area (Å²) in [7, 11) is 0. The fourth-order valence-corrected chi connectivity index (χ4v) is 4.14. The quantitative estimate of drug-likeness (QED) is 0.870. The van der Waals surface area contributed by atoms with E-state index in [2.05, 4.69) is 10.3 Å². The average Bonchev–Trinajstić information content (AvgIpc) is 3.15. The smallest absolute Gasteiger partial charge is 0.263 e. The maximum Gasteiger partial charge on any atom is 0.263 e. The summed E-state index contributed by atoms with van der Waals surface area (Å²) in [6.45, 7) is 4.59. The highest BCUT2D eigenvalue weighted by molar-refractivity contribution is 5.79. The largest absolute Gasteiger partial charge is 0.459 e. The van der Waals surface area contributed by atoms with E-state index in [9.17, 15) is 4.79 Å². The van der Waals surface area contributed by atoms with Gasteiger partial charge in [0.15, 0.2) is 5.76 Å². The highest BCUT2D eigenvalue weighted by atomic mass is 16.5. The van der Waals surface area contributed by atoms with Crippen molar-refractivity contribution >= 4 is 5.91 Å². The molecule has 134 valence electrons. The first kappa shape index (κ1) is 16.4. The SMILES string of the molecule is CCO[C@H]1C[C@@H](NC(=O)Cc2nc(-c3ccco3)oc2C)C12CCC2. The number of hydrogen-bond donors (Lipinski definition) is 1. The van der Waals surface area contributed by atoms with Crippen LogP contribution < -0.4 is 5.32 Å². The van der Waals surface area contributed by atoms with E-state index in [-0.39, 0.29) is 23.8 Å². The highest BCUT2D eigenvalue weighted by Crippen LogP contribution is 2.57. The summed E-state index contributed by atoms with van der Waals surface area (Å²) in [5.74, 6) is 1.64. The molecule has 1 N–H and O–H groups in total. The minimum Gasteiger partial charge on any atom is -0.459 e. The summed E-state index contributed by atoms with van der Waals surface area (Å²) in [5, 5.41) is 3.19. The van der Waals surface area contributed by atoms with Gasteiger partial charge in [-0.1, -0.05) is 6.42 Å². The third kappa shape index (κ3) is 2.78. The Hall–Kier alpha value is -2.08. The Morgan fingerprint density at radius 3 is 2.96 bits per heavy atom. The maximum absolute atomic E-state index is 12.5. The molecule has 1 amide bonds. The van der Waals surface area contributed by atoms with E-state index in [0.29, 0.717) is 29.2 Å². The van der Waals surface area contributed by atoms with E-state index < -0.39 is 0 Å². The van der Waals surface area contributed by atoms with Gasteiger partial charge in [0.2, 0.25) is 5.91 Å². The molecule has 2 fully saturated rings. The Morgan fingerprint density at radius 2 is 2.32 bits per heavy atom. The second kappa shape index (κ2) is 6.33. The Bertz CT molecular complexity index is 746. The van der Waals surface area contributed by atoms with Crippen LogP contribution in [0, 0.1) is 12.3 Å². The molecule has 6 heteroatoms. The van der Waals surface area contributed by atoms with Crippen LogP contribution in [0.2, 0.25) is 0 Å². The van der Waals surface area contributed by atoms with E-state index in [0.717, 1.165) is 25.9 Å². The van der Waals surface area contributed by atoms with Crippen molar-refractivity contribution in [2.45, 2.75) is 58.1 Å². The fraction of sp³-hybridized carbons (Fsp3) is 0.579. The zero-order valence-corrected chi connectivity index (χ0v) is 14.7. The Morgan fingerprint density at radius 1 is 1.48 bits per heavy atom. The van der Waals surface area contributed by atoms with Crippen molar-refractivity contribution in [2.24, 2.45) is 5.41 Å².